The number of anilines is 1. The molecule has 0 aliphatic rings. The number of pyridine rings is 3. The topological polar surface area (TPSA) is 41.9 Å². The maximum atomic E-state index is 4.84. The highest BCUT2D eigenvalue weighted by Crippen LogP contribution is 2.31. The summed E-state index contributed by atoms with van der Waals surface area (Å²) in [5.74, 6) is 0. The Kier molecular flexibility index (Phi) is 4.85. The van der Waals surface area contributed by atoms with Crippen LogP contribution in [-0.4, -0.2) is 29.0 Å². The van der Waals surface area contributed by atoms with E-state index >= 15 is 0 Å². The van der Waals surface area contributed by atoms with Gasteiger partial charge in [0.05, 0.1) is 17.1 Å². The Balaban J connectivity index is 1.75. The van der Waals surface area contributed by atoms with E-state index in [9.17, 15) is 0 Å². The third kappa shape index (κ3) is 3.49. The molecule has 28 heavy (non-hydrogen) atoms. The third-order valence-electron chi connectivity index (χ3n) is 4.86. The first-order valence-electron chi connectivity index (χ1n) is 9.24. The van der Waals surface area contributed by atoms with Crippen molar-refractivity contribution in [2.75, 3.05) is 19.0 Å². The molecule has 4 aromatic rings. The minimum Gasteiger partial charge on any atom is -0.378 e. The molecule has 4 rings (SSSR count). The SMILES string of the molecule is Cc1c(-c2ccc(N(C)C)cc2)cncc1-c1cccc(-c2ccccn2)n1. The number of hydrogen-bond acceptors (Lipinski definition) is 4. The number of benzene rings is 1. The van der Waals surface area contributed by atoms with Crippen molar-refractivity contribution in [2.24, 2.45) is 0 Å². The first-order valence-corrected chi connectivity index (χ1v) is 9.24. The Morgan fingerprint density at radius 2 is 1.43 bits per heavy atom. The quantitative estimate of drug-likeness (QED) is 0.495. The zero-order chi connectivity index (χ0) is 19.5. The highest BCUT2D eigenvalue weighted by molar-refractivity contribution is 5.77. The lowest BCUT2D eigenvalue weighted by molar-refractivity contribution is 1.13. The van der Waals surface area contributed by atoms with Gasteiger partial charge in [-0.15, -0.1) is 0 Å². The van der Waals surface area contributed by atoms with Crippen LogP contribution < -0.4 is 4.90 Å². The van der Waals surface area contributed by atoms with Crippen molar-refractivity contribution in [3.63, 3.8) is 0 Å². The Morgan fingerprint density at radius 1 is 0.714 bits per heavy atom. The molecule has 4 heteroatoms. The normalized spacial score (nSPS) is 10.7. The average Bonchev–Trinajstić information content (AvgIpc) is 2.75. The summed E-state index contributed by atoms with van der Waals surface area (Å²) in [5.41, 5.74) is 8.27. The smallest absolute Gasteiger partial charge is 0.0893 e. The molecule has 0 bridgehead atoms. The first-order chi connectivity index (χ1) is 13.6. The summed E-state index contributed by atoms with van der Waals surface area (Å²) < 4.78 is 0. The van der Waals surface area contributed by atoms with E-state index in [1.165, 1.54) is 11.3 Å². The molecule has 0 aliphatic heterocycles. The molecular formula is C24H22N4. The van der Waals surface area contributed by atoms with Crippen LogP contribution in [0.25, 0.3) is 33.8 Å². The predicted octanol–water partition coefficient (Wildman–Crippen LogP) is 5.25. The van der Waals surface area contributed by atoms with Crippen LogP contribution in [0.1, 0.15) is 5.56 Å². The molecule has 138 valence electrons. The standard InChI is InChI=1S/C24H22N4/c1-17-20(18-10-12-19(13-11-18)28(2)3)15-25-16-21(17)22-8-6-9-24(27-22)23-7-4-5-14-26-23/h4-16H,1-3H3. The van der Waals surface area contributed by atoms with E-state index in [4.69, 9.17) is 4.98 Å². The van der Waals surface area contributed by atoms with Crippen LogP contribution in [0.4, 0.5) is 5.69 Å². The van der Waals surface area contributed by atoms with E-state index in [1.54, 1.807) is 6.20 Å². The van der Waals surface area contributed by atoms with Gasteiger partial charge in [-0.2, -0.15) is 0 Å². The third-order valence-corrected chi connectivity index (χ3v) is 4.86. The van der Waals surface area contributed by atoms with Crippen molar-refractivity contribution in [3.05, 3.63) is 84.8 Å². The van der Waals surface area contributed by atoms with Crippen molar-refractivity contribution < 1.29 is 0 Å². The fraction of sp³-hybridized carbons (Fsp3) is 0.125. The molecule has 0 fully saturated rings. The van der Waals surface area contributed by atoms with E-state index in [-0.39, 0.29) is 0 Å². The summed E-state index contributed by atoms with van der Waals surface area (Å²) >= 11 is 0. The molecule has 0 aliphatic carbocycles. The van der Waals surface area contributed by atoms with E-state index in [2.05, 4.69) is 46.1 Å². The van der Waals surface area contributed by atoms with Crippen molar-refractivity contribution in [1.82, 2.24) is 15.0 Å². The summed E-state index contributed by atoms with van der Waals surface area (Å²) in [5, 5.41) is 0. The number of rotatable bonds is 4. The lowest BCUT2D eigenvalue weighted by Crippen LogP contribution is -2.07. The molecule has 0 N–H and O–H groups in total. The Hall–Kier alpha value is -3.53. The first kappa shape index (κ1) is 17.9. The van der Waals surface area contributed by atoms with Gasteiger partial charge >= 0.3 is 0 Å². The van der Waals surface area contributed by atoms with Crippen LogP contribution in [0.2, 0.25) is 0 Å². The van der Waals surface area contributed by atoms with Gasteiger partial charge in [0.1, 0.15) is 0 Å². The maximum absolute atomic E-state index is 4.84. The number of hydrogen-bond donors (Lipinski definition) is 0. The van der Waals surface area contributed by atoms with Gasteiger partial charge in [-0.25, -0.2) is 4.98 Å². The number of aromatic nitrogens is 3. The lowest BCUT2D eigenvalue weighted by Gasteiger charge is -2.14. The van der Waals surface area contributed by atoms with Crippen LogP contribution in [0, 0.1) is 6.92 Å². The fourth-order valence-electron chi connectivity index (χ4n) is 3.26. The minimum atomic E-state index is 0.859. The zero-order valence-electron chi connectivity index (χ0n) is 16.3. The molecule has 0 amide bonds. The molecule has 3 heterocycles. The van der Waals surface area contributed by atoms with Gasteiger partial charge in [-0.3, -0.25) is 9.97 Å². The highest BCUT2D eigenvalue weighted by Gasteiger charge is 2.11. The molecule has 3 aromatic heterocycles. The zero-order valence-corrected chi connectivity index (χ0v) is 16.3. The van der Waals surface area contributed by atoms with Gasteiger partial charge in [0, 0.05) is 49.5 Å². The second-order valence-electron chi connectivity index (χ2n) is 6.92. The van der Waals surface area contributed by atoms with Crippen LogP contribution in [0.3, 0.4) is 0 Å². The molecule has 0 saturated heterocycles. The summed E-state index contributed by atoms with van der Waals surface area (Å²) in [6.45, 7) is 2.13. The van der Waals surface area contributed by atoms with E-state index < -0.39 is 0 Å². The van der Waals surface area contributed by atoms with Crippen LogP contribution in [-0.2, 0) is 0 Å². The largest absolute Gasteiger partial charge is 0.378 e. The van der Waals surface area contributed by atoms with Gasteiger partial charge in [0.2, 0.25) is 0 Å². The Morgan fingerprint density at radius 3 is 2.14 bits per heavy atom. The van der Waals surface area contributed by atoms with Crippen molar-refractivity contribution in [1.29, 1.82) is 0 Å². The molecule has 0 atom stereocenters. The van der Waals surface area contributed by atoms with Gasteiger partial charge in [0.15, 0.2) is 0 Å². The highest BCUT2D eigenvalue weighted by atomic mass is 15.1. The Labute approximate surface area is 165 Å². The minimum absolute atomic E-state index is 0.859. The molecule has 0 saturated carbocycles. The van der Waals surface area contributed by atoms with Gasteiger partial charge in [-0.1, -0.05) is 24.3 Å². The molecular weight excluding hydrogens is 344 g/mol. The van der Waals surface area contributed by atoms with Crippen molar-refractivity contribution in [3.8, 4) is 33.8 Å². The molecule has 0 radical (unpaired) electrons. The maximum Gasteiger partial charge on any atom is 0.0893 e. The monoisotopic (exact) mass is 366 g/mol. The predicted molar refractivity (Wildman–Crippen MR) is 115 cm³/mol. The summed E-state index contributed by atoms with van der Waals surface area (Å²) in [6, 6.07) is 20.4. The molecule has 0 spiro atoms. The van der Waals surface area contributed by atoms with Crippen LogP contribution >= 0.6 is 0 Å². The summed E-state index contributed by atoms with van der Waals surface area (Å²) in [6.07, 6.45) is 5.60. The summed E-state index contributed by atoms with van der Waals surface area (Å²) in [4.78, 5) is 15.8. The second kappa shape index (κ2) is 7.61. The molecule has 4 nitrogen and oxygen atoms in total. The van der Waals surface area contributed by atoms with Crippen molar-refractivity contribution >= 4 is 5.69 Å². The van der Waals surface area contributed by atoms with Crippen LogP contribution in [0.5, 0.6) is 0 Å². The lowest BCUT2D eigenvalue weighted by atomic mass is 9.97. The van der Waals surface area contributed by atoms with E-state index in [0.717, 1.165) is 33.8 Å². The second-order valence-corrected chi connectivity index (χ2v) is 6.92. The van der Waals surface area contributed by atoms with Gasteiger partial charge in [-0.05, 0) is 54.4 Å². The van der Waals surface area contributed by atoms with E-state index in [1.807, 2.05) is 62.9 Å². The van der Waals surface area contributed by atoms with Crippen LogP contribution in [0.15, 0.2) is 79.3 Å². The van der Waals surface area contributed by atoms with E-state index in [0.29, 0.717) is 0 Å². The van der Waals surface area contributed by atoms with Gasteiger partial charge < -0.3 is 4.90 Å². The fourth-order valence-corrected chi connectivity index (χ4v) is 3.26. The molecule has 1 aromatic carbocycles. The number of nitrogens with zero attached hydrogens (tertiary/aromatic N) is 4. The van der Waals surface area contributed by atoms with Gasteiger partial charge in [0.25, 0.3) is 0 Å². The Bertz CT molecular complexity index is 1090. The average molecular weight is 366 g/mol. The molecule has 0 unspecified atom stereocenters. The summed E-state index contributed by atoms with van der Waals surface area (Å²) in [7, 11) is 4.09. The van der Waals surface area contributed by atoms with Crippen molar-refractivity contribution in [2.45, 2.75) is 6.92 Å².